The van der Waals surface area contributed by atoms with E-state index in [-0.39, 0.29) is 22.7 Å². The summed E-state index contributed by atoms with van der Waals surface area (Å²) in [6, 6.07) is 9.14. The minimum atomic E-state index is -0.461. The van der Waals surface area contributed by atoms with E-state index in [1.807, 2.05) is 19.1 Å². The van der Waals surface area contributed by atoms with Crippen LogP contribution in [0.25, 0.3) is 16.8 Å². The quantitative estimate of drug-likeness (QED) is 0.699. The van der Waals surface area contributed by atoms with Crippen molar-refractivity contribution in [3.05, 3.63) is 51.9 Å². The molecule has 98 valence electrons. The van der Waals surface area contributed by atoms with Crippen LogP contribution in [0.15, 0.2) is 35.3 Å². The molecule has 1 aromatic carbocycles. The van der Waals surface area contributed by atoms with Crippen molar-refractivity contribution in [1.82, 2.24) is 14.6 Å². The Kier molecular flexibility index (Phi) is 2.54. The summed E-state index contributed by atoms with van der Waals surface area (Å²) < 4.78 is 1.15. The zero-order valence-electron chi connectivity index (χ0n) is 10.6. The monoisotopic (exact) mass is 266 g/mol. The van der Waals surface area contributed by atoms with Gasteiger partial charge in [-0.2, -0.15) is 14.9 Å². The Morgan fingerprint density at radius 3 is 2.95 bits per heavy atom. The van der Waals surface area contributed by atoms with E-state index >= 15 is 0 Å². The topological polar surface area (TPSA) is 94.2 Å². The first-order valence-corrected chi connectivity index (χ1v) is 5.92. The van der Waals surface area contributed by atoms with Gasteiger partial charge in [0.25, 0.3) is 5.56 Å². The molecule has 0 amide bonds. The van der Waals surface area contributed by atoms with Gasteiger partial charge in [-0.05, 0) is 12.5 Å². The SMILES string of the molecule is Cc1cccc(-c2c(O)n3ncc(C#N)c3[nH]c2=O)c1. The Morgan fingerprint density at radius 1 is 1.45 bits per heavy atom. The highest BCUT2D eigenvalue weighted by molar-refractivity contribution is 5.70. The van der Waals surface area contributed by atoms with E-state index in [1.54, 1.807) is 18.2 Å². The molecular weight excluding hydrogens is 256 g/mol. The fourth-order valence-electron chi connectivity index (χ4n) is 2.15. The molecule has 0 bridgehead atoms. The second-order valence-corrected chi connectivity index (χ2v) is 4.45. The maximum absolute atomic E-state index is 12.2. The molecule has 6 heteroatoms. The van der Waals surface area contributed by atoms with Gasteiger partial charge in [0.15, 0.2) is 5.65 Å². The van der Waals surface area contributed by atoms with E-state index in [2.05, 4.69) is 10.1 Å². The summed E-state index contributed by atoms with van der Waals surface area (Å²) >= 11 is 0. The third-order valence-electron chi connectivity index (χ3n) is 3.08. The molecule has 0 saturated heterocycles. The van der Waals surface area contributed by atoms with Gasteiger partial charge in [-0.25, -0.2) is 0 Å². The highest BCUT2D eigenvalue weighted by Gasteiger charge is 2.16. The number of nitrogens with zero attached hydrogens (tertiary/aromatic N) is 3. The number of aromatic nitrogens is 3. The number of aromatic hydroxyl groups is 1. The Labute approximate surface area is 113 Å². The Morgan fingerprint density at radius 2 is 2.25 bits per heavy atom. The summed E-state index contributed by atoms with van der Waals surface area (Å²) in [5.41, 5.74) is 1.63. The van der Waals surface area contributed by atoms with Gasteiger partial charge in [0, 0.05) is 0 Å². The summed E-state index contributed by atoms with van der Waals surface area (Å²) in [5, 5.41) is 23.1. The molecule has 2 aromatic heterocycles. The van der Waals surface area contributed by atoms with Gasteiger partial charge >= 0.3 is 0 Å². The molecule has 0 radical (unpaired) electrons. The zero-order valence-corrected chi connectivity index (χ0v) is 10.6. The predicted octanol–water partition coefficient (Wildman–Crippen LogP) is 1.58. The van der Waals surface area contributed by atoms with Gasteiger partial charge in [-0.15, -0.1) is 0 Å². The maximum atomic E-state index is 12.2. The Bertz CT molecular complexity index is 915. The standard InChI is InChI=1S/C14H10N4O2/c1-8-3-2-4-9(5-8)11-13(19)17-12-10(6-15)7-16-18(12)14(11)20/h2-5,7,20H,1H3,(H,17,19). The van der Waals surface area contributed by atoms with Crippen LogP contribution in [0.3, 0.4) is 0 Å². The number of hydrogen-bond donors (Lipinski definition) is 2. The first-order chi connectivity index (χ1) is 9.61. The average molecular weight is 266 g/mol. The molecule has 6 nitrogen and oxygen atoms in total. The van der Waals surface area contributed by atoms with Crippen molar-refractivity contribution >= 4 is 5.65 Å². The number of aromatic amines is 1. The van der Waals surface area contributed by atoms with Crippen LogP contribution in [-0.4, -0.2) is 19.7 Å². The van der Waals surface area contributed by atoms with Crippen molar-refractivity contribution in [2.75, 3.05) is 0 Å². The predicted molar refractivity (Wildman–Crippen MR) is 72.4 cm³/mol. The van der Waals surface area contributed by atoms with E-state index in [1.165, 1.54) is 6.20 Å². The lowest BCUT2D eigenvalue weighted by atomic mass is 10.1. The number of rotatable bonds is 1. The Hall–Kier alpha value is -3.07. The lowest BCUT2D eigenvalue weighted by molar-refractivity contribution is 0.437. The van der Waals surface area contributed by atoms with Crippen molar-refractivity contribution in [3.63, 3.8) is 0 Å². The number of aryl methyl sites for hydroxylation is 1. The molecule has 3 aromatic rings. The third kappa shape index (κ3) is 1.65. The van der Waals surface area contributed by atoms with E-state index in [9.17, 15) is 9.90 Å². The molecule has 0 fully saturated rings. The van der Waals surface area contributed by atoms with Crippen molar-refractivity contribution in [1.29, 1.82) is 5.26 Å². The van der Waals surface area contributed by atoms with Crippen LogP contribution < -0.4 is 5.56 Å². The van der Waals surface area contributed by atoms with E-state index in [0.717, 1.165) is 10.1 Å². The molecule has 3 rings (SSSR count). The third-order valence-corrected chi connectivity index (χ3v) is 3.08. The number of nitriles is 1. The lowest BCUT2D eigenvalue weighted by Gasteiger charge is -2.06. The summed E-state index contributed by atoms with van der Waals surface area (Å²) in [6.07, 6.45) is 1.30. The van der Waals surface area contributed by atoms with Crippen LogP contribution >= 0.6 is 0 Å². The highest BCUT2D eigenvalue weighted by Crippen LogP contribution is 2.26. The minimum absolute atomic E-state index is 0.133. The van der Waals surface area contributed by atoms with Gasteiger partial charge in [-0.3, -0.25) is 4.79 Å². The number of H-pyrrole nitrogens is 1. The summed E-state index contributed by atoms with van der Waals surface area (Å²) in [6.45, 7) is 1.90. The normalized spacial score (nSPS) is 10.6. The molecule has 20 heavy (non-hydrogen) atoms. The summed E-state index contributed by atoms with van der Waals surface area (Å²) in [7, 11) is 0. The van der Waals surface area contributed by atoms with E-state index < -0.39 is 5.56 Å². The molecule has 0 spiro atoms. The summed E-state index contributed by atoms with van der Waals surface area (Å²) in [5.74, 6) is -0.282. The van der Waals surface area contributed by atoms with Gasteiger partial charge in [0.2, 0.25) is 5.88 Å². The van der Waals surface area contributed by atoms with Crippen LogP contribution in [0.1, 0.15) is 11.1 Å². The van der Waals surface area contributed by atoms with Crippen molar-refractivity contribution in [3.8, 4) is 23.1 Å². The van der Waals surface area contributed by atoms with E-state index in [0.29, 0.717) is 5.56 Å². The second-order valence-electron chi connectivity index (χ2n) is 4.45. The average Bonchev–Trinajstić information content (AvgIpc) is 2.82. The fraction of sp³-hybridized carbons (Fsp3) is 0.0714. The molecule has 0 saturated carbocycles. The second kappa shape index (κ2) is 4.24. The number of benzene rings is 1. The van der Waals surface area contributed by atoms with Gasteiger partial charge in [0.05, 0.1) is 6.20 Å². The van der Waals surface area contributed by atoms with E-state index in [4.69, 9.17) is 5.26 Å². The van der Waals surface area contributed by atoms with Gasteiger partial charge in [-0.1, -0.05) is 29.8 Å². The molecule has 0 unspecified atom stereocenters. The minimum Gasteiger partial charge on any atom is -0.493 e. The molecule has 0 aliphatic rings. The highest BCUT2D eigenvalue weighted by atomic mass is 16.3. The van der Waals surface area contributed by atoms with Gasteiger partial charge < -0.3 is 10.1 Å². The molecule has 0 aliphatic heterocycles. The largest absolute Gasteiger partial charge is 0.493 e. The zero-order chi connectivity index (χ0) is 14.3. The van der Waals surface area contributed by atoms with Gasteiger partial charge in [0.1, 0.15) is 17.2 Å². The van der Waals surface area contributed by atoms with Crippen LogP contribution in [0.4, 0.5) is 0 Å². The first kappa shape index (κ1) is 12.0. The lowest BCUT2D eigenvalue weighted by Crippen LogP contribution is -2.13. The van der Waals surface area contributed by atoms with Crippen molar-refractivity contribution in [2.24, 2.45) is 0 Å². The number of fused-ring (bicyclic) bond motifs is 1. The maximum Gasteiger partial charge on any atom is 0.262 e. The van der Waals surface area contributed by atoms with Crippen molar-refractivity contribution < 1.29 is 5.11 Å². The van der Waals surface area contributed by atoms with Crippen molar-refractivity contribution in [2.45, 2.75) is 6.92 Å². The number of nitrogens with one attached hydrogen (secondary N) is 1. The van der Waals surface area contributed by atoms with Crippen LogP contribution in [0, 0.1) is 18.3 Å². The molecular formula is C14H10N4O2. The van der Waals surface area contributed by atoms with Crippen LogP contribution in [0.2, 0.25) is 0 Å². The molecule has 2 heterocycles. The van der Waals surface area contributed by atoms with Crippen LogP contribution in [0.5, 0.6) is 5.88 Å². The molecule has 2 N–H and O–H groups in total. The molecule has 0 aliphatic carbocycles. The summed E-state index contributed by atoms with van der Waals surface area (Å²) in [4.78, 5) is 14.7. The Balaban J connectivity index is 2.39. The smallest absolute Gasteiger partial charge is 0.262 e. The van der Waals surface area contributed by atoms with Crippen LogP contribution in [-0.2, 0) is 0 Å². The molecule has 0 atom stereocenters. The fourth-order valence-corrected chi connectivity index (χ4v) is 2.15. The first-order valence-electron chi connectivity index (χ1n) is 5.92. The number of hydrogen-bond acceptors (Lipinski definition) is 4.